The molecular formula is C12H16N2O2. The van der Waals surface area contributed by atoms with Crippen molar-refractivity contribution in [3.05, 3.63) is 24.3 Å². The number of aromatic nitrogens is 2. The van der Waals surface area contributed by atoms with Gasteiger partial charge in [0.2, 0.25) is 0 Å². The molecule has 1 aromatic heterocycles. The van der Waals surface area contributed by atoms with E-state index in [0.29, 0.717) is 5.56 Å². The number of carbonyl (C=O) groups excluding carboxylic acids is 1. The molecule has 0 N–H and O–H groups in total. The van der Waals surface area contributed by atoms with Crippen LogP contribution in [0.25, 0.3) is 0 Å². The largest absolute Gasteiger partial charge is 0.374 e. The summed E-state index contributed by atoms with van der Waals surface area (Å²) in [6.07, 6.45) is 4.67. The van der Waals surface area contributed by atoms with Gasteiger partial charge >= 0.3 is 0 Å². The van der Waals surface area contributed by atoms with E-state index in [1.54, 1.807) is 12.4 Å². The molecule has 4 heteroatoms. The lowest BCUT2D eigenvalue weighted by atomic mass is 9.84. The number of hydrogen-bond donors (Lipinski definition) is 0. The molecule has 4 atom stereocenters. The van der Waals surface area contributed by atoms with E-state index in [2.05, 4.69) is 16.9 Å². The first-order valence-electron chi connectivity index (χ1n) is 5.56. The van der Waals surface area contributed by atoms with Crippen LogP contribution in [0.4, 0.5) is 0 Å². The van der Waals surface area contributed by atoms with Crippen LogP contribution < -0.4 is 0 Å². The van der Waals surface area contributed by atoms with E-state index in [1.165, 1.54) is 6.33 Å². The Morgan fingerprint density at radius 3 is 2.31 bits per heavy atom. The van der Waals surface area contributed by atoms with Crippen molar-refractivity contribution in [2.75, 3.05) is 0 Å². The monoisotopic (exact) mass is 220 g/mol. The van der Waals surface area contributed by atoms with Gasteiger partial charge in [-0.25, -0.2) is 9.97 Å². The minimum absolute atomic E-state index is 0.0299. The van der Waals surface area contributed by atoms with Gasteiger partial charge in [0, 0.05) is 12.4 Å². The Kier molecular flexibility index (Phi) is 3.01. The van der Waals surface area contributed by atoms with E-state index in [9.17, 15) is 4.79 Å². The number of ketones is 1. The maximum Gasteiger partial charge on any atom is 0.171 e. The highest BCUT2D eigenvalue weighted by molar-refractivity contribution is 5.98. The first-order chi connectivity index (χ1) is 7.61. The summed E-state index contributed by atoms with van der Waals surface area (Å²) in [6.45, 7) is 6.02. The average molecular weight is 220 g/mol. The molecule has 0 saturated carbocycles. The van der Waals surface area contributed by atoms with Crippen molar-refractivity contribution in [3.8, 4) is 0 Å². The maximum absolute atomic E-state index is 12.3. The molecule has 1 aromatic rings. The molecule has 0 aromatic carbocycles. The molecule has 4 nitrogen and oxygen atoms in total. The van der Waals surface area contributed by atoms with Crippen molar-refractivity contribution >= 4 is 5.78 Å². The van der Waals surface area contributed by atoms with Crippen LogP contribution in [0.3, 0.4) is 0 Å². The molecule has 1 saturated heterocycles. The molecule has 86 valence electrons. The van der Waals surface area contributed by atoms with Crippen LogP contribution in [0.1, 0.15) is 31.1 Å². The number of Topliss-reactive ketones (excluding diaryl/α,β-unsaturated/α-hetero) is 1. The van der Waals surface area contributed by atoms with Gasteiger partial charge in [0.15, 0.2) is 5.78 Å². The Balaban J connectivity index is 2.23. The molecule has 1 fully saturated rings. The summed E-state index contributed by atoms with van der Waals surface area (Å²) in [7, 11) is 0. The second kappa shape index (κ2) is 4.29. The lowest BCUT2D eigenvalue weighted by molar-refractivity contribution is 0.0491. The SMILES string of the molecule is CC1OC(C)C(C(=O)c2cncnc2)C1C. The first-order valence-corrected chi connectivity index (χ1v) is 5.56. The third-order valence-corrected chi connectivity index (χ3v) is 3.39. The smallest absolute Gasteiger partial charge is 0.171 e. The third-order valence-electron chi connectivity index (χ3n) is 3.39. The van der Waals surface area contributed by atoms with Crippen LogP contribution in [-0.4, -0.2) is 28.0 Å². The zero-order chi connectivity index (χ0) is 11.7. The molecule has 0 bridgehead atoms. The van der Waals surface area contributed by atoms with E-state index in [-0.39, 0.29) is 29.8 Å². The van der Waals surface area contributed by atoms with Crippen LogP contribution in [0.15, 0.2) is 18.7 Å². The van der Waals surface area contributed by atoms with Gasteiger partial charge in [-0.15, -0.1) is 0 Å². The molecule has 2 rings (SSSR count). The van der Waals surface area contributed by atoms with Crippen molar-refractivity contribution in [2.45, 2.75) is 33.0 Å². The topological polar surface area (TPSA) is 52.1 Å². The molecule has 0 amide bonds. The minimum Gasteiger partial charge on any atom is -0.374 e. The lowest BCUT2D eigenvalue weighted by Gasteiger charge is -2.16. The predicted molar refractivity (Wildman–Crippen MR) is 59.0 cm³/mol. The van der Waals surface area contributed by atoms with Gasteiger partial charge in [0.1, 0.15) is 6.33 Å². The summed E-state index contributed by atoms with van der Waals surface area (Å²) < 4.78 is 5.67. The van der Waals surface area contributed by atoms with Crippen LogP contribution >= 0.6 is 0 Å². The number of hydrogen-bond acceptors (Lipinski definition) is 4. The van der Waals surface area contributed by atoms with Crippen LogP contribution in [0, 0.1) is 11.8 Å². The molecule has 1 aliphatic heterocycles. The maximum atomic E-state index is 12.3. The summed E-state index contributed by atoms with van der Waals surface area (Å²) in [4.78, 5) is 20.0. The first kappa shape index (κ1) is 11.2. The summed E-state index contributed by atoms with van der Waals surface area (Å²) in [6, 6.07) is 0. The van der Waals surface area contributed by atoms with Gasteiger partial charge in [-0.1, -0.05) is 6.92 Å². The Morgan fingerprint density at radius 1 is 1.19 bits per heavy atom. The lowest BCUT2D eigenvalue weighted by Crippen LogP contribution is -2.27. The molecule has 0 radical (unpaired) electrons. The van der Waals surface area contributed by atoms with Crippen molar-refractivity contribution in [3.63, 3.8) is 0 Å². The Labute approximate surface area is 95.1 Å². The van der Waals surface area contributed by atoms with Crippen molar-refractivity contribution in [1.29, 1.82) is 0 Å². The van der Waals surface area contributed by atoms with Crippen molar-refractivity contribution in [2.24, 2.45) is 11.8 Å². The van der Waals surface area contributed by atoms with Crippen molar-refractivity contribution in [1.82, 2.24) is 9.97 Å². The zero-order valence-corrected chi connectivity index (χ0v) is 9.75. The van der Waals surface area contributed by atoms with Crippen LogP contribution in [-0.2, 0) is 4.74 Å². The fourth-order valence-corrected chi connectivity index (χ4v) is 2.34. The molecule has 16 heavy (non-hydrogen) atoms. The van der Waals surface area contributed by atoms with Gasteiger partial charge in [-0.2, -0.15) is 0 Å². The van der Waals surface area contributed by atoms with Crippen LogP contribution in [0.2, 0.25) is 0 Å². The van der Waals surface area contributed by atoms with E-state index < -0.39 is 0 Å². The summed E-state index contributed by atoms with van der Waals surface area (Å²) in [5.74, 6) is 0.244. The Hall–Kier alpha value is -1.29. The third kappa shape index (κ3) is 1.85. The van der Waals surface area contributed by atoms with Gasteiger partial charge in [-0.3, -0.25) is 4.79 Å². The molecule has 0 aliphatic carbocycles. The summed E-state index contributed by atoms with van der Waals surface area (Å²) in [5, 5.41) is 0. The van der Waals surface area contributed by atoms with Crippen molar-refractivity contribution < 1.29 is 9.53 Å². The van der Waals surface area contributed by atoms with E-state index >= 15 is 0 Å². The van der Waals surface area contributed by atoms with Gasteiger partial charge < -0.3 is 4.74 Å². The standard InChI is InChI=1S/C12H16N2O2/c1-7-8(2)16-9(3)11(7)12(15)10-4-13-6-14-5-10/h4-9,11H,1-3H3. The predicted octanol–water partition coefficient (Wildman–Crippen LogP) is 1.72. The summed E-state index contributed by atoms with van der Waals surface area (Å²) >= 11 is 0. The number of ether oxygens (including phenoxy) is 1. The molecule has 4 unspecified atom stereocenters. The molecule has 1 aliphatic rings. The molecule has 0 spiro atoms. The molecule has 2 heterocycles. The van der Waals surface area contributed by atoms with E-state index in [4.69, 9.17) is 4.74 Å². The average Bonchev–Trinajstić information content (AvgIpc) is 2.54. The Bertz CT molecular complexity index is 380. The number of rotatable bonds is 2. The Morgan fingerprint density at radius 2 is 1.81 bits per heavy atom. The van der Waals surface area contributed by atoms with Crippen LogP contribution in [0.5, 0.6) is 0 Å². The summed E-state index contributed by atoms with van der Waals surface area (Å²) in [5.41, 5.74) is 0.573. The second-order valence-electron chi connectivity index (χ2n) is 4.42. The van der Waals surface area contributed by atoms with E-state index in [1.807, 2.05) is 13.8 Å². The number of nitrogens with zero attached hydrogens (tertiary/aromatic N) is 2. The minimum atomic E-state index is -0.0824. The highest BCUT2D eigenvalue weighted by Crippen LogP contribution is 2.34. The number of carbonyl (C=O) groups is 1. The zero-order valence-electron chi connectivity index (χ0n) is 9.75. The van der Waals surface area contributed by atoms with E-state index in [0.717, 1.165) is 0 Å². The van der Waals surface area contributed by atoms with Gasteiger partial charge in [-0.05, 0) is 19.8 Å². The van der Waals surface area contributed by atoms with Gasteiger partial charge in [0.25, 0.3) is 0 Å². The van der Waals surface area contributed by atoms with Gasteiger partial charge in [0.05, 0.1) is 23.7 Å². The normalized spacial score (nSPS) is 33.9. The second-order valence-corrected chi connectivity index (χ2v) is 4.42. The fraction of sp³-hybridized carbons (Fsp3) is 0.583. The highest BCUT2D eigenvalue weighted by Gasteiger charge is 2.41. The molecular weight excluding hydrogens is 204 g/mol. The quantitative estimate of drug-likeness (QED) is 0.712. The fourth-order valence-electron chi connectivity index (χ4n) is 2.34. The highest BCUT2D eigenvalue weighted by atomic mass is 16.5.